The number of hydrogen-bond donors (Lipinski definition) is 2. The molecule has 0 radical (unpaired) electrons. The van der Waals surface area contributed by atoms with E-state index in [9.17, 15) is 22.8 Å². The van der Waals surface area contributed by atoms with Gasteiger partial charge >= 0.3 is 6.18 Å². The quantitative estimate of drug-likeness (QED) is 0.739. The fourth-order valence-electron chi connectivity index (χ4n) is 1.79. The number of aromatic nitrogens is 1. The number of pyridine rings is 1. The van der Waals surface area contributed by atoms with Gasteiger partial charge in [0.05, 0.1) is 10.6 Å². The molecule has 0 fully saturated rings. The van der Waals surface area contributed by atoms with E-state index in [1.165, 1.54) is 30.3 Å². The van der Waals surface area contributed by atoms with Gasteiger partial charge in [0, 0.05) is 5.69 Å². The molecule has 2 rings (SSSR count). The molecule has 0 bridgehead atoms. The van der Waals surface area contributed by atoms with Crippen molar-refractivity contribution in [2.24, 2.45) is 5.73 Å². The maximum absolute atomic E-state index is 12.2. The summed E-state index contributed by atoms with van der Waals surface area (Å²) in [6.45, 7) is -1.49. The molecule has 1 heterocycles. The standard InChI is InChI=1S/C15H10Cl2F3N3O3/c16-9-5-7(1-4-11(9)26-6-15(18,19)20)22-14(25)10-3-2-8(13(21)24)12(17)23-10/h1-5H,6H2,(H2,21,24)(H,22,25). The van der Waals surface area contributed by atoms with E-state index in [0.717, 1.165) is 0 Å². The molecule has 1 aromatic heterocycles. The molecule has 3 N–H and O–H groups in total. The van der Waals surface area contributed by atoms with Gasteiger partial charge in [-0.05, 0) is 30.3 Å². The Kier molecular flexibility index (Phi) is 5.94. The van der Waals surface area contributed by atoms with Gasteiger partial charge in [0.25, 0.3) is 11.8 Å². The Hall–Kier alpha value is -2.52. The second kappa shape index (κ2) is 7.79. The predicted molar refractivity (Wildman–Crippen MR) is 88.7 cm³/mol. The van der Waals surface area contributed by atoms with E-state index in [0.29, 0.717) is 0 Å². The molecule has 2 amide bonds. The second-order valence-electron chi connectivity index (χ2n) is 4.90. The minimum Gasteiger partial charge on any atom is -0.483 e. The Labute approximate surface area is 155 Å². The van der Waals surface area contributed by atoms with E-state index in [-0.39, 0.29) is 32.9 Å². The number of nitrogens with two attached hydrogens (primary N) is 1. The summed E-state index contributed by atoms with van der Waals surface area (Å²) in [6, 6.07) is 6.18. The van der Waals surface area contributed by atoms with E-state index < -0.39 is 24.6 Å². The van der Waals surface area contributed by atoms with Gasteiger partial charge in [-0.2, -0.15) is 13.2 Å². The van der Waals surface area contributed by atoms with Crippen LogP contribution < -0.4 is 15.8 Å². The van der Waals surface area contributed by atoms with Gasteiger partial charge < -0.3 is 15.8 Å². The largest absolute Gasteiger partial charge is 0.483 e. The molecule has 0 saturated carbocycles. The number of benzene rings is 1. The normalized spacial score (nSPS) is 11.1. The summed E-state index contributed by atoms with van der Waals surface area (Å²) in [5.74, 6) is -1.66. The summed E-state index contributed by atoms with van der Waals surface area (Å²) in [7, 11) is 0. The lowest BCUT2D eigenvalue weighted by Gasteiger charge is -2.12. The van der Waals surface area contributed by atoms with Crippen LogP contribution >= 0.6 is 23.2 Å². The third-order valence-electron chi connectivity index (χ3n) is 2.93. The number of hydrogen-bond acceptors (Lipinski definition) is 4. The number of primary amides is 1. The number of carbonyl (C=O) groups is 2. The zero-order valence-corrected chi connectivity index (χ0v) is 14.2. The van der Waals surface area contributed by atoms with Crippen molar-refractivity contribution in [1.82, 2.24) is 4.98 Å². The first-order valence-electron chi connectivity index (χ1n) is 6.83. The van der Waals surface area contributed by atoms with Gasteiger partial charge in [-0.25, -0.2) is 4.98 Å². The maximum atomic E-state index is 12.2. The van der Waals surface area contributed by atoms with Crippen LogP contribution in [-0.4, -0.2) is 29.6 Å². The predicted octanol–water partition coefficient (Wildman–Crippen LogP) is 3.68. The van der Waals surface area contributed by atoms with Crippen molar-refractivity contribution >= 4 is 40.7 Å². The second-order valence-corrected chi connectivity index (χ2v) is 5.67. The van der Waals surface area contributed by atoms with Gasteiger partial charge in [-0.15, -0.1) is 0 Å². The summed E-state index contributed by atoms with van der Waals surface area (Å²) >= 11 is 11.6. The number of carbonyl (C=O) groups excluding carboxylic acids is 2. The molecule has 6 nitrogen and oxygen atoms in total. The average molecular weight is 408 g/mol. The molecular weight excluding hydrogens is 398 g/mol. The highest BCUT2D eigenvalue weighted by Crippen LogP contribution is 2.29. The van der Waals surface area contributed by atoms with E-state index in [1.807, 2.05) is 0 Å². The van der Waals surface area contributed by atoms with Crippen LogP contribution in [0.1, 0.15) is 20.8 Å². The highest BCUT2D eigenvalue weighted by Gasteiger charge is 2.28. The number of nitrogens with one attached hydrogen (secondary N) is 1. The molecule has 0 atom stereocenters. The molecule has 0 spiro atoms. The minimum atomic E-state index is -4.50. The third kappa shape index (κ3) is 5.24. The van der Waals surface area contributed by atoms with Crippen LogP contribution in [0.2, 0.25) is 10.2 Å². The number of ether oxygens (including phenoxy) is 1. The summed E-state index contributed by atoms with van der Waals surface area (Å²) in [5, 5.41) is 2.08. The van der Waals surface area contributed by atoms with Gasteiger partial charge in [0.15, 0.2) is 6.61 Å². The third-order valence-corrected chi connectivity index (χ3v) is 3.51. The van der Waals surface area contributed by atoms with Gasteiger partial charge in [0.1, 0.15) is 16.6 Å². The first kappa shape index (κ1) is 19.8. The van der Waals surface area contributed by atoms with E-state index >= 15 is 0 Å². The summed E-state index contributed by atoms with van der Waals surface area (Å²) in [6.07, 6.45) is -4.50. The Morgan fingerprint density at radius 1 is 1.19 bits per heavy atom. The van der Waals surface area contributed by atoms with Crippen molar-refractivity contribution in [2.45, 2.75) is 6.18 Å². The van der Waals surface area contributed by atoms with Gasteiger partial charge in [0.2, 0.25) is 0 Å². The fraction of sp³-hybridized carbons (Fsp3) is 0.133. The van der Waals surface area contributed by atoms with E-state index in [4.69, 9.17) is 28.9 Å². The van der Waals surface area contributed by atoms with Gasteiger partial charge in [-0.1, -0.05) is 23.2 Å². The topological polar surface area (TPSA) is 94.3 Å². The number of amides is 2. The summed E-state index contributed by atoms with van der Waals surface area (Å²) in [4.78, 5) is 27.0. The van der Waals surface area contributed by atoms with Crippen molar-refractivity contribution in [2.75, 3.05) is 11.9 Å². The number of rotatable bonds is 5. The number of anilines is 1. The molecule has 0 aliphatic heterocycles. The zero-order chi connectivity index (χ0) is 19.5. The SMILES string of the molecule is NC(=O)c1ccc(C(=O)Nc2ccc(OCC(F)(F)F)c(Cl)c2)nc1Cl. The number of alkyl halides is 3. The van der Waals surface area contributed by atoms with Crippen molar-refractivity contribution < 1.29 is 27.5 Å². The molecule has 0 aliphatic rings. The highest BCUT2D eigenvalue weighted by molar-refractivity contribution is 6.33. The van der Waals surface area contributed by atoms with Crippen LogP contribution in [0.5, 0.6) is 5.75 Å². The smallest absolute Gasteiger partial charge is 0.422 e. The minimum absolute atomic E-state index is 0.0440. The van der Waals surface area contributed by atoms with Crippen molar-refractivity contribution in [3.05, 3.63) is 51.8 Å². The fourth-order valence-corrected chi connectivity index (χ4v) is 2.28. The van der Waals surface area contributed by atoms with Crippen molar-refractivity contribution in [3.8, 4) is 5.75 Å². The molecule has 2 aromatic rings. The molecule has 0 aliphatic carbocycles. The Morgan fingerprint density at radius 2 is 1.88 bits per heavy atom. The zero-order valence-electron chi connectivity index (χ0n) is 12.7. The van der Waals surface area contributed by atoms with Gasteiger partial charge in [-0.3, -0.25) is 9.59 Å². The molecule has 1 aromatic carbocycles. The van der Waals surface area contributed by atoms with Crippen LogP contribution in [0.3, 0.4) is 0 Å². The first-order valence-corrected chi connectivity index (χ1v) is 7.59. The van der Waals surface area contributed by atoms with Crippen LogP contribution in [0.4, 0.5) is 18.9 Å². The Balaban J connectivity index is 2.11. The molecule has 11 heteroatoms. The highest BCUT2D eigenvalue weighted by atomic mass is 35.5. The van der Waals surface area contributed by atoms with E-state index in [1.54, 1.807) is 0 Å². The number of halogens is 5. The van der Waals surface area contributed by atoms with E-state index in [2.05, 4.69) is 15.0 Å². The van der Waals surface area contributed by atoms with Crippen LogP contribution in [0.15, 0.2) is 30.3 Å². The number of nitrogens with zero attached hydrogens (tertiary/aromatic N) is 1. The van der Waals surface area contributed by atoms with Crippen molar-refractivity contribution in [3.63, 3.8) is 0 Å². The summed E-state index contributed by atoms with van der Waals surface area (Å²) < 4.78 is 41.0. The molecule has 0 saturated heterocycles. The first-order chi connectivity index (χ1) is 12.1. The van der Waals surface area contributed by atoms with Crippen molar-refractivity contribution in [1.29, 1.82) is 0 Å². The lowest BCUT2D eigenvalue weighted by molar-refractivity contribution is -0.153. The summed E-state index contributed by atoms with van der Waals surface area (Å²) in [5.41, 5.74) is 5.13. The monoisotopic (exact) mass is 407 g/mol. The Bertz CT molecular complexity index is 860. The molecule has 26 heavy (non-hydrogen) atoms. The average Bonchev–Trinajstić information content (AvgIpc) is 2.52. The van der Waals surface area contributed by atoms with Crippen LogP contribution in [0.25, 0.3) is 0 Å². The molecule has 0 unspecified atom stereocenters. The van der Waals surface area contributed by atoms with Crippen LogP contribution in [0, 0.1) is 0 Å². The maximum Gasteiger partial charge on any atom is 0.422 e. The molecule has 138 valence electrons. The Morgan fingerprint density at radius 3 is 2.42 bits per heavy atom. The molecular formula is C15H10Cl2F3N3O3. The lowest BCUT2D eigenvalue weighted by atomic mass is 10.2. The lowest BCUT2D eigenvalue weighted by Crippen LogP contribution is -2.19. The van der Waals surface area contributed by atoms with Crippen LogP contribution in [-0.2, 0) is 0 Å².